The van der Waals surface area contributed by atoms with Gasteiger partial charge in [-0.15, -0.1) is 0 Å². The molecule has 1 fully saturated rings. The van der Waals surface area contributed by atoms with Crippen LogP contribution in [0.5, 0.6) is 11.5 Å². The minimum atomic E-state index is 0.455. The Kier molecular flexibility index (Phi) is 5.49. The molecule has 3 aromatic rings. The molecule has 0 radical (unpaired) electrons. The van der Waals surface area contributed by atoms with E-state index in [4.69, 9.17) is 9.47 Å². The number of aryl methyl sites for hydroxylation is 1. The summed E-state index contributed by atoms with van der Waals surface area (Å²) in [4.78, 5) is 2.56. The maximum atomic E-state index is 5.51. The standard InChI is InChI=1S/C27H32N2O2/c1-18(23-12-9-20-8-11-21(30-2)15-24(20)23)26-17-29(14-13-28-26)27-6-4-5-19-7-10-22(31-3)16-25(19)27/h4-8,10-11,15-16,18,23,26,28H,9,12-14,17H2,1-3H3. The van der Waals surface area contributed by atoms with Crippen LogP contribution >= 0.6 is 0 Å². The number of hydrogen-bond donors (Lipinski definition) is 1. The summed E-state index contributed by atoms with van der Waals surface area (Å²) in [7, 11) is 3.50. The molecule has 0 spiro atoms. The first kappa shape index (κ1) is 20.2. The molecule has 5 rings (SSSR count). The van der Waals surface area contributed by atoms with Gasteiger partial charge in [-0.25, -0.2) is 0 Å². The molecule has 3 atom stereocenters. The zero-order valence-electron chi connectivity index (χ0n) is 18.7. The molecule has 0 bridgehead atoms. The number of nitrogens with zero attached hydrogens (tertiary/aromatic N) is 1. The van der Waals surface area contributed by atoms with Crippen molar-refractivity contribution >= 4 is 16.5 Å². The Labute approximate surface area is 185 Å². The van der Waals surface area contributed by atoms with Crippen molar-refractivity contribution in [2.45, 2.75) is 31.7 Å². The van der Waals surface area contributed by atoms with Gasteiger partial charge in [0.25, 0.3) is 0 Å². The molecule has 3 aromatic carbocycles. The summed E-state index contributed by atoms with van der Waals surface area (Å²) in [5, 5.41) is 6.36. The molecule has 4 nitrogen and oxygen atoms in total. The number of methoxy groups -OCH3 is 2. The van der Waals surface area contributed by atoms with Gasteiger partial charge < -0.3 is 19.7 Å². The molecule has 31 heavy (non-hydrogen) atoms. The lowest BCUT2D eigenvalue weighted by Crippen LogP contribution is -2.54. The summed E-state index contributed by atoms with van der Waals surface area (Å²) in [6.07, 6.45) is 2.40. The summed E-state index contributed by atoms with van der Waals surface area (Å²) >= 11 is 0. The number of fused-ring (bicyclic) bond motifs is 2. The Morgan fingerprint density at radius 3 is 2.65 bits per heavy atom. The van der Waals surface area contributed by atoms with Crippen LogP contribution in [0, 0.1) is 5.92 Å². The van der Waals surface area contributed by atoms with Gasteiger partial charge in [0, 0.05) is 36.7 Å². The lowest BCUT2D eigenvalue weighted by molar-refractivity contribution is 0.304. The molecular formula is C27H32N2O2. The van der Waals surface area contributed by atoms with Gasteiger partial charge in [-0.2, -0.15) is 0 Å². The van der Waals surface area contributed by atoms with Gasteiger partial charge in [-0.05, 0) is 71.5 Å². The molecular weight excluding hydrogens is 384 g/mol. The highest BCUT2D eigenvalue weighted by Crippen LogP contribution is 2.42. The van der Waals surface area contributed by atoms with E-state index in [-0.39, 0.29) is 0 Å². The lowest BCUT2D eigenvalue weighted by Gasteiger charge is -2.40. The molecule has 1 aliphatic carbocycles. The molecule has 1 N–H and O–H groups in total. The fourth-order valence-electron chi connectivity index (χ4n) is 5.55. The molecule has 3 unspecified atom stereocenters. The number of anilines is 1. The highest BCUT2D eigenvalue weighted by molar-refractivity contribution is 5.95. The van der Waals surface area contributed by atoms with E-state index in [0.29, 0.717) is 17.9 Å². The highest BCUT2D eigenvalue weighted by atomic mass is 16.5. The third-order valence-corrected chi connectivity index (χ3v) is 7.36. The van der Waals surface area contributed by atoms with Crippen molar-refractivity contribution in [2.24, 2.45) is 5.92 Å². The Morgan fingerprint density at radius 1 is 1.00 bits per heavy atom. The van der Waals surface area contributed by atoms with Crippen LogP contribution in [-0.4, -0.2) is 39.9 Å². The third-order valence-electron chi connectivity index (χ3n) is 7.36. The van der Waals surface area contributed by atoms with Gasteiger partial charge >= 0.3 is 0 Å². The summed E-state index contributed by atoms with van der Waals surface area (Å²) in [6, 6.07) is 20.1. The van der Waals surface area contributed by atoms with E-state index < -0.39 is 0 Å². The second kappa shape index (κ2) is 8.43. The fraction of sp³-hybridized carbons (Fsp3) is 0.407. The van der Waals surface area contributed by atoms with E-state index in [1.165, 1.54) is 40.4 Å². The van der Waals surface area contributed by atoms with Crippen LogP contribution in [0.4, 0.5) is 5.69 Å². The Bertz CT molecular complexity index is 1080. The first-order chi connectivity index (χ1) is 15.2. The van der Waals surface area contributed by atoms with E-state index in [1.54, 1.807) is 14.2 Å². The number of piperazine rings is 1. The lowest BCUT2D eigenvalue weighted by atomic mass is 9.82. The SMILES string of the molecule is COc1ccc2c(c1)C(C(C)C1CN(c3cccc4ccc(OC)cc34)CCN1)CC2. The third kappa shape index (κ3) is 3.74. The first-order valence-corrected chi connectivity index (χ1v) is 11.4. The van der Waals surface area contributed by atoms with Gasteiger partial charge in [0.1, 0.15) is 11.5 Å². The van der Waals surface area contributed by atoms with Gasteiger partial charge in [0.05, 0.1) is 14.2 Å². The molecule has 1 aliphatic heterocycles. The quantitative estimate of drug-likeness (QED) is 0.635. The van der Waals surface area contributed by atoms with Crippen LogP contribution in [0.3, 0.4) is 0 Å². The van der Waals surface area contributed by atoms with Crippen molar-refractivity contribution in [3.8, 4) is 11.5 Å². The topological polar surface area (TPSA) is 33.7 Å². The predicted molar refractivity (Wildman–Crippen MR) is 128 cm³/mol. The zero-order valence-corrected chi connectivity index (χ0v) is 18.7. The maximum Gasteiger partial charge on any atom is 0.119 e. The van der Waals surface area contributed by atoms with Crippen LogP contribution in [0.15, 0.2) is 54.6 Å². The molecule has 0 aromatic heterocycles. The van der Waals surface area contributed by atoms with E-state index >= 15 is 0 Å². The first-order valence-electron chi connectivity index (χ1n) is 11.4. The van der Waals surface area contributed by atoms with E-state index in [9.17, 15) is 0 Å². The number of rotatable bonds is 5. The normalized spacial score (nSPS) is 21.7. The summed E-state index contributed by atoms with van der Waals surface area (Å²) in [5.41, 5.74) is 4.29. The smallest absolute Gasteiger partial charge is 0.119 e. The highest BCUT2D eigenvalue weighted by Gasteiger charge is 2.34. The number of ether oxygens (including phenoxy) is 2. The molecule has 1 saturated heterocycles. The van der Waals surface area contributed by atoms with Crippen molar-refractivity contribution in [3.63, 3.8) is 0 Å². The molecule has 162 valence electrons. The fourth-order valence-corrected chi connectivity index (χ4v) is 5.55. The molecule has 4 heteroatoms. The summed E-state index contributed by atoms with van der Waals surface area (Å²) < 4.78 is 11.0. The van der Waals surface area contributed by atoms with Gasteiger partial charge in [-0.3, -0.25) is 0 Å². The minimum absolute atomic E-state index is 0.455. The van der Waals surface area contributed by atoms with Crippen LogP contribution in [-0.2, 0) is 6.42 Å². The largest absolute Gasteiger partial charge is 0.497 e. The van der Waals surface area contributed by atoms with Gasteiger partial charge in [0.15, 0.2) is 0 Å². The van der Waals surface area contributed by atoms with E-state index in [0.717, 1.165) is 31.1 Å². The predicted octanol–water partition coefficient (Wildman–Crippen LogP) is 5.00. The van der Waals surface area contributed by atoms with Gasteiger partial charge in [-0.1, -0.05) is 31.2 Å². The van der Waals surface area contributed by atoms with Crippen molar-refractivity contribution in [1.82, 2.24) is 5.32 Å². The Hall–Kier alpha value is -2.72. The van der Waals surface area contributed by atoms with Crippen molar-refractivity contribution in [3.05, 3.63) is 65.7 Å². The van der Waals surface area contributed by atoms with Crippen LogP contribution in [0.1, 0.15) is 30.4 Å². The van der Waals surface area contributed by atoms with E-state index in [2.05, 4.69) is 65.7 Å². The molecule has 2 aliphatic rings. The summed E-state index contributed by atoms with van der Waals surface area (Å²) in [6.45, 7) is 5.47. The van der Waals surface area contributed by atoms with Crippen LogP contribution in [0.2, 0.25) is 0 Å². The second-order valence-electron chi connectivity index (χ2n) is 8.94. The zero-order chi connectivity index (χ0) is 21.4. The van der Waals surface area contributed by atoms with Crippen molar-refractivity contribution < 1.29 is 9.47 Å². The summed E-state index contributed by atoms with van der Waals surface area (Å²) in [5.74, 6) is 3.02. The number of benzene rings is 3. The molecule has 1 heterocycles. The van der Waals surface area contributed by atoms with Crippen molar-refractivity contribution in [2.75, 3.05) is 38.8 Å². The van der Waals surface area contributed by atoms with Gasteiger partial charge in [0.2, 0.25) is 0 Å². The number of nitrogens with one attached hydrogen (secondary N) is 1. The minimum Gasteiger partial charge on any atom is -0.497 e. The van der Waals surface area contributed by atoms with E-state index in [1.807, 2.05) is 6.07 Å². The molecule has 0 amide bonds. The Morgan fingerprint density at radius 2 is 1.81 bits per heavy atom. The monoisotopic (exact) mass is 416 g/mol. The second-order valence-corrected chi connectivity index (χ2v) is 8.94. The maximum absolute atomic E-state index is 5.51. The van der Waals surface area contributed by atoms with Crippen LogP contribution < -0.4 is 19.7 Å². The Balaban J connectivity index is 1.40. The number of hydrogen-bond acceptors (Lipinski definition) is 4. The van der Waals surface area contributed by atoms with Crippen molar-refractivity contribution in [1.29, 1.82) is 0 Å². The average Bonchev–Trinajstić information content (AvgIpc) is 3.26. The molecule has 0 saturated carbocycles. The van der Waals surface area contributed by atoms with Crippen LogP contribution in [0.25, 0.3) is 10.8 Å². The average molecular weight is 417 g/mol.